The highest BCUT2D eigenvalue weighted by molar-refractivity contribution is 6.28. The molecule has 8 nitrogen and oxygen atoms in total. The summed E-state index contributed by atoms with van der Waals surface area (Å²) in [6.45, 7) is 2.37. The van der Waals surface area contributed by atoms with Gasteiger partial charge < -0.3 is 20.1 Å². The summed E-state index contributed by atoms with van der Waals surface area (Å²) in [4.78, 5) is 23.4. The van der Waals surface area contributed by atoms with Crippen molar-refractivity contribution in [2.45, 2.75) is 19.5 Å². The molecule has 3 N–H and O–H groups in total. The minimum atomic E-state index is -1.14. The van der Waals surface area contributed by atoms with Crippen LogP contribution in [0.1, 0.15) is 16.2 Å². The van der Waals surface area contributed by atoms with Crippen molar-refractivity contribution in [3.63, 3.8) is 0 Å². The number of imidazole rings is 1. The van der Waals surface area contributed by atoms with Crippen LogP contribution in [0.3, 0.4) is 0 Å². The molecule has 0 radical (unpaired) electrons. The Morgan fingerprint density at radius 1 is 1.46 bits per heavy atom. The van der Waals surface area contributed by atoms with Gasteiger partial charge in [0.1, 0.15) is 5.69 Å². The fraction of sp³-hybridized carbons (Fsp3) is 0.385. The standard InChI is InChI=1S/C13H16ClN5O3.2ClH/c1-7-3-16-13(14)18-10(7)9-5-19(4-8(15)6-22-2)11(17-9)12(20)21;;/h3,5,8H,4,6,15H2,1-2H3,(H,20,21);2*1H. The maximum atomic E-state index is 11.3. The molecule has 24 heavy (non-hydrogen) atoms. The molecule has 2 aromatic heterocycles. The van der Waals surface area contributed by atoms with E-state index in [0.717, 1.165) is 5.56 Å². The fourth-order valence-electron chi connectivity index (χ4n) is 2.04. The van der Waals surface area contributed by atoms with E-state index in [9.17, 15) is 9.90 Å². The summed E-state index contributed by atoms with van der Waals surface area (Å²) in [6.07, 6.45) is 3.14. The van der Waals surface area contributed by atoms with E-state index in [1.54, 1.807) is 19.3 Å². The van der Waals surface area contributed by atoms with E-state index in [1.165, 1.54) is 11.7 Å². The molecule has 0 aliphatic carbocycles. The number of halogens is 3. The summed E-state index contributed by atoms with van der Waals surface area (Å²) in [5, 5.41) is 9.35. The molecule has 134 valence electrons. The molecule has 0 aliphatic heterocycles. The maximum Gasteiger partial charge on any atom is 0.372 e. The number of aromatic nitrogens is 4. The predicted molar refractivity (Wildman–Crippen MR) is 94.3 cm³/mol. The Morgan fingerprint density at radius 3 is 2.71 bits per heavy atom. The third-order valence-electron chi connectivity index (χ3n) is 2.96. The van der Waals surface area contributed by atoms with Crippen molar-refractivity contribution in [1.82, 2.24) is 19.5 Å². The second-order valence-corrected chi connectivity index (χ2v) is 5.13. The molecule has 0 saturated carbocycles. The normalized spacial score (nSPS) is 11.3. The number of nitrogens with two attached hydrogens (primary N) is 1. The van der Waals surface area contributed by atoms with Crippen LogP contribution in [0, 0.1) is 6.92 Å². The molecule has 1 unspecified atom stereocenters. The van der Waals surface area contributed by atoms with Crippen LogP contribution in [0.2, 0.25) is 5.28 Å². The van der Waals surface area contributed by atoms with Gasteiger partial charge in [0.25, 0.3) is 0 Å². The number of methoxy groups -OCH3 is 1. The highest BCUT2D eigenvalue weighted by atomic mass is 35.5. The number of ether oxygens (including phenoxy) is 1. The van der Waals surface area contributed by atoms with E-state index in [-0.39, 0.29) is 48.5 Å². The van der Waals surface area contributed by atoms with Gasteiger partial charge in [-0.25, -0.2) is 19.7 Å². The van der Waals surface area contributed by atoms with Gasteiger partial charge in [-0.3, -0.25) is 0 Å². The van der Waals surface area contributed by atoms with Crippen LogP contribution in [0.25, 0.3) is 11.4 Å². The lowest BCUT2D eigenvalue weighted by atomic mass is 10.2. The van der Waals surface area contributed by atoms with Crippen molar-refractivity contribution in [1.29, 1.82) is 0 Å². The first kappa shape index (κ1) is 22.6. The lowest BCUT2D eigenvalue weighted by molar-refractivity contribution is 0.0676. The molecular weight excluding hydrogens is 381 g/mol. The predicted octanol–water partition coefficient (Wildman–Crippen LogP) is 1.82. The molecule has 0 aromatic carbocycles. The Hall–Kier alpha value is -1.45. The van der Waals surface area contributed by atoms with Crippen LogP contribution >= 0.6 is 36.4 Å². The van der Waals surface area contributed by atoms with Crippen LogP contribution in [-0.2, 0) is 11.3 Å². The first-order chi connectivity index (χ1) is 10.4. The zero-order chi connectivity index (χ0) is 16.3. The molecule has 0 saturated heterocycles. The Balaban J connectivity index is 0.00000264. The van der Waals surface area contributed by atoms with Gasteiger partial charge in [-0.05, 0) is 24.1 Å². The van der Waals surface area contributed by atoms with E-state index in [0.29, 0.717) is 18.0 Å². The van der Waals surface area contributed by atoms with E-state index in [4.69, 9.17) is 22.1 Å². The van der Waals surface area contributed by atoms with Gasteiger partial charge in [-0.15, -0.1) is 24.8 Å². The van der Waals surface area contributed by atoms with Crippen molar-refractivity contribution >= 4 is 42.4 Å². The largest absolute Gasteiger partial charge is 0.475 e. The molecule has 1 atom stereocenters. The molecule has 0 spiro atoms. The highest BCUT2D eigenvalue weighted by Gasteiger charge is 2.19. The van der Waals surface area contributed by atoms with Crippen molar-refractivity contribution in [2.24, 2.45) is 5.73 Å². The summed E-state index contributed by atoms with van der Waals surface area (Å²) < 4.78 is 6.43. The Labute approximate surface area is 156 Å². The smallest absolute Gasteiger partial charge is 0.372 e. The summed E-state index contributed by atoms with van der Waals surface area (Å²) in [5.41, 5.74) is 7.51. The molecular formula is C13H18Cl3N5O3. The fourth-order valence-corrected chi connectivity index (χ4v) is 2.17. The molecule has 0 fully saturated rings. The number of hydrogen-bond donors (Lipinski definition) is 2. The van der Waals surface area contributed by atoms with Crippen molar-refractivity contribution < 1.29 is 14.6 Å². The minimum absolute atomic E-state index is 0. The topological polar surface area (TPSA) is 116 Å². The van der Waals surface area contributed by atoms with Gasteiger partial charge in [0.05, 0.1) is 12.3 Å². The van der Waals surface area contributed by atoms with E-state index in [1.807, 2.05) is 0 Å². The van der Waals surface area contributed by atoms with Gasteiger partial charge in [0, 0.05) is 32.1 Å². The van der Waals surface area contributed by atoms with E-state index in [2.05, 4.69) is 15.0 Å². The van der Waals surface area contributed by atoms with Crippen LogP contribution in [-0.4, -0.2) is 50.4 Å². The number of carbonyl (C=O) groups is 1. The molecule has 0 amide bonds. The Kier molecular flexibility index (Phi) is 9.16. The van der Waals surface area contributed by atoms with Gasteiger partial charge in [-0.1, -0.05) is 0 Å². The molecule has 11 heteroatoms. The zero-order valence-electron chi connectivity index (χ0n) is 13.0. The summed E-state index contributed by atoms with van der Waals surface area (Å²) in [7, 11) is 1.53. The SMILES string of the molecule is COCC(N)Cn1cc(-c2nc(Cl)ncc2C)nc1C(=O)O.Cl.Cl. The van der Waals surface area contributed by atoms with Crippen molar-refractivity contribution in [2.75, 3.05) is 13.7 Å². The van der Waals surface area contributed by atoms with Crippen molar-refractivity contribution in [3.8, 4) is 11.4 Å². The molecule has 2 aromatic rings. The van der Waals surface area contributed by atoms with Crippen LogP contribution in [0.4, 0.5) is 0 Å². The molecule has 2 heterocycles. The number of aromatic carboxylic acids is 1. The average Bonchev–Trinajstić information content (AvgIpc) is 2.85. The van der Waals surface area contributed by atoms with E-state index >= 15 is 0 Å². The Bertz CT molecular complexity index is 695. The summed E-state index contributed by atoms with van der Waals surface area (Å²) >= 11 is 5.79. The molecule has 0 bridgehead atoms. The third-order valence-corrected chi connectivity index (χ3v) is 3.15. The number of nitrogens with zero attached hydrogens (tertiary/aromatic N) is 4. The van der Waals surface area contributed by atoms with Crippen LogP contribution in [0.5, 0.6) is 0 Å². The van der Waals surface area contributed by atoms with Crippen LogP contribution in [0.15, 0.2) is 12.4 Å². The molecule has 2 rings (SSSR count). The van der Waals surface area contributed by atoms with Gasteiger partial charge in [0.2, 0.25) is 11.1 Å². The minimum Gasteiger partial charge on any atom is -0.475 e. The lowest BCUT2D eigenvalue weighted by Crippen LogP contribution is -2.31. The monoisotopic (exact) mass is 397 g/mol. The summed E-state index contributed by atoms with van der Waals surface area (Å²) in [6, 6.07) is -0.347. The van der Waals surface area contributed by atoms with E-state index < -0.39 is 5.97 Å². The van der Waals surface area contributed by atoms with Gasteiger partial charge in [-0.2, -0.15) is 0 Å². The number of rotatable bonds is 6. The van der Waals surface area contributed by atoms with Gasteiger partial charge >= 0.3 is 5.97 Å². The number of aryl methyl sites for hydroxylation is 1. The van der Waals surface area contributed by atoms with Crippen molar-refractivity contribution in [3.05, 3.63) is 29.1 Å². The second kappa shape index (κ2) is 9.75. The number of carboxylic acids is 1. The zero-order valence-corrected chi connectivity index (χ0v) is 15.4. The Morgan fingerprint density at radius 2 is 2.12 bits per heavy atom. The molecule has 0 aliphatic rings. The average molecular weight is 399 g/mol. The first-order valence-electron chi connectivity index (χ1n) is 6.47. The lowest BCUT2D eigenvalue weighted by Gasteiger charge is -2.11. The third kappa shape index (κ3) is 5.29. The first-order valence-corrected chi connectivity index (χ1v) is 6.84. The van der Waals surface area contributed by atoms with Gasteiger partial charge in [0.15, 0.2) is 0 Å². The summed E-state index contributed by atoms with van der Waals surface area (Å²) in [5.74, 6) is -1.26. The quantitative estimate of drug-likeness (QED) is 0.713. The maximum absolute atomic E-state index is 11.3. The van der Waals surface area contributed by atoms with Crippen LogP contribution < -0.4 is 5.73 Å². The number of hydrogen-bond acceptors (Lipinski definition) is 6. The highest BCUT2D eigenvalue weighted by Crippen LogP contribution is 2.21. The second-order valence-electron chi connectivity index (χ2n) is 4.79. The number of carboxylic acid groups (broad SMARTS) is 1.